The Kier molecular flexibility index (Phi) is 7.78. The Morgan fingerprint density at radius 3 is 0.690 bits per heavy atom. The highest BCUT2D eigenvalue weighted by atomic mass is 16.4. The quantitative estimate of drug-likeness (QED) is 0.111. The first-order chi connectivity index (χ1) is 27.4. The van der Waals surface area contributed by atoms with Crippen molar-refractivity contribution in [1.82, 2.24) is 0 Å². The number of benzene rings is 4. The molecule has 0 aliphatic rings. The van der Waals surface area contributed by atoms with E-state index in [4.69, 9.17) is 17.7 Å². The van der Waals surface area contributed by atoms with Crippen molar-refractivity contribution in [1.29, 1.82) is 0 Å². The third kappa shape index (κ3) is 5.23. The summed E-state index contributed by atoms with van der Waals surface area (Å²) in [5.41, 5.74) is -14.7. The van der Waals surface area contributed by atoms with Crippen LogP contribution in [0.3, 0.4) is 0 Å². The number of phenols is 8. The van der Waals surface area contributed by atoms with Crippen LogP contribution in [-0.2, 0) is 0 Å². The normalized spacial score (nSPS) is 11.8. The van der Waals surface area contributed by atoms with E-state index in [-0.39, 0.29) is 0 Å². The molecule has 0 amide bonds. The van der Waals surface area contributed by atoms with Crippen LogP contribution in [0.25, 0.3) is 43.9 Å². The predicted octanol–water partition coefficient (Wildman–Crippen LogP) is 3.54. The summed E-state index contributed by atoms with van der Waals surface area (Å²) in [6.07, 6.45) is 0. The van der Waals surface area contributed by atoms with Crippen LogP contribution >= 0.6 is 0 Å². The second-order valence-corrected chi connectivity index (χ2v) is 12.9. The molecule has 0 radical (unpaired) electrons. The predicted molar refractivity (Wildman–Crippen MR) is 194 cm³/mol. The van der Waals surface area contributed by atoms with Gasteiger partial charge in [0.1, 0.15) is 113 Å². The van der Waals surface area contributed by atoms with Gasteiger partial charge in [-0.05, 0) is 0 Å². The van der Waals surface area contributed by atoms with Crippen LogP contribution in [0.1, 0.15) is 34.1 Å². The van der Waals surface area contributed by atoms with E-state index < -0.39 is 169 Å². The molecular formula is C38H22O20. The van der Waals surface area contributed by atoms with Gasteiger partial charge in [0.25, 0.3) is 0 Å². The van der Waals surface area contributed by atoms with E-state index in [1.165, 1.54) is 0 Å². The lowest BCUT2D eigenvalue weighted by Gasteiger charge is -2.28. The molecule has 294 valence electrons. The van der Waals surface area contributed by atoms with Gasteiger partial charge in [-0.1, -0.05) is 0 Å². The van der Waals surface area contributed by atoms with E-state index in [2.05, 4.69) is 0 Å². The lowest BCUT2D eigenvalue weighted by Crippen LogP contribution is -2.31. The minimum absolute atomic E-state index is 0.675. The minimum atomic E-state index is -2.72. The fraction of sp³-hybridized carbons (Fsp3) is 0.0526. The van der Waals surface area contributed by atoms with Crippen LogP contribution in [-0.4, -0.2) is 61.3 Å². The molecule has 0 aliphatic carbocycles. The molecule has 0 bridgehead atoms. The van der Waals surface area contributed by atoms with Gasteiger partial charge in [-0.25, -0.2) is 19.2 Å². The molecule has 12 N–H and O–H groups in total. The second kappa shape index (κ2) is 12.4. The van der Waals surface area contributed by atoms with Crippen LogP contribution in [0.5, 0.6) is 69.0 Å². The molecule has 4 heterocycles. The Labute approximate surface area is 315 Å². The van der Waals surface area contributed by atoms with Crippen molar-refractivity contribution >= 4 is 43.9 Å². The maximum atomic E-state index is 14.2. The van der Waals surface area contributed by atoms with E-state index in [9.17, 15) is 80.5 Å². The summed E-state index contributed by atoms with van der Waals surface area (Å²) in [4.78, 5) is 56.6. The standard InChI is InChI=1S/C38H22O20/c39-9-1-13(43)21-17(5-9)55-35(51)27(31(21)47)25(28-32(48)22-14(44)2-10(40)6-18(22)56-36(28)52)26(29-33(49)23-15(45)3-11(41)7-19(23)57-37(29)53)30-34(50)24-16(46)4-12(42)8-20(24)58-38(30)54/h1-8,25-26,39-50H. The highest BCUT2D eigenvalue weighted by molar-refractivity contribution is 5.96. The fourth-order valence-electron chi connectivity index (χ4n) is 7.22. The summed E-state index contributed by atoms with van der Waals surface area (Å²) in [7, 11) is 0. The third-order valence-electron chi connectivity index (χ3n) is 9.50. The summed E-state index contributed by atoms with van der Waals surface area (Å²) in [6, 6.07) is 5.77. The highest BCUT2D eigenvalue weighted by Gasteiger charge is 2.45. The zero-order chi connectivity index (χ0) is 41.8. The first-order valence-corrected chi connectivity index (χ1v) is 16.2. The Morgan fingerprint density at radius 1 is 0.310 bits per heavy atom. The molecule has 20 nitrogen and oxygen atoms in total. The Morgan fingerprint density at radius 2 is 0.500 bits per heavy atom. The van der Waals surface area contributed by atoms with Crippen molar-refractivity contribution in [2.45, 2.75) is 11.8 Å². The average Bonchev–Trinajstić information content (AvgIpc) is 3.08. The third-order valence-corrected chi connectivity index (χ3v) is 9.50. The van der Waals surface area contributed by atoms with Gasteiger partial charge < -0.3 is 78.9 Å². The van der Waals surface area contributed by atoms with Crippen molar-refractivity contribution in [2.24, 2.45) is 0 Å². The molecule has 0 saturated carbocycles. The monoisotopic (exact) mass is 798 g/mol. The van der Waals surface area contributed by atoms with Crippen molar-refractivity contribution in [3.05, 3.63) is 112 Å². The first kappa shape index (κ1) is 36.3. The zero-order valence-corrected chi connectivity index (χ0v) is 28.4. The van der Waals surface area contributed by atoms with Gasteiger partial charge in [-0.3, -0.25) is 0 Å². The lowest BCUT2D eigenvalue weighted by atomic mass is 9.73. The molecule has 0 aliphatic heterocycles. The van der Waals surface area contributed by atoms with Crippen LogP contribution in [0.4, 0.5) is 0 Å². The fourth-order valence-corrected chi connectivity index (χ4v) is 7.22. The SMILES string of the molecule is O=c1oc2cc(O)cc(O)c2c(O)c1C(c1c(O)c2c(O)cc(O)cc2oc1=O)C(c1c(O)c2c(O)cc(O)cc2oc1=O)c1c(O)c2c(O)cc(O)cc2oc1=O. The summed E-state index contributed by atoms with van der Waals surface area (Å²) < 4.78 is 21.2. The summed E-state index contributed by atoms with van der Waals surface area (Å²) in [5, 5.41) is 128. The van der Waals surface area contributed by atoms with Gasteiger partial charge in [0, 0.05) is 60.4 Å². The summed E-state index contributed by atoms with van der Waals surface area (Å²) in [5.74, 6) is -17.5. The Hall–Kier alpha value is -8.68. The summed E-state index contributed by atoms with van der Waals surface area (Å²) >= 11 is 0. The topological polar surface area (TPSA) is 364 Å². The Bertz CT molecular complexity index is 2920. The van der Waals surface area contributed by atoms with Crippen molar-refractivity contribution in [3.8, 4) is 69.0 Å². The van der Waals surface area contributed by atoms with E-state index >= 15 is 0 Å². The second-order valence-electron chi connectivity index (χ2n) is 12.9. The van der Waals surface area contributed by atoms with Gasteiger partial charge >= 0.3 is 22.5 Å². The number of rotatable bonds is 5. The number of hydrogen-bond acceptors (Lipinski definition) is 20. The highest BCUT2D eigenvalue weighted by Crippen LogP contribution is 2.54. The van der Waals surface area contributed by atoms with Crippen LogP contribution in [0.15, 0.2) is 85.4 Å². The van der Waals surface area contributed by atoms with Crippen molar-refractivity contribution in [2.75, 3.05) is 0 Å². The van der Waals surface area contributed by atoms with Gasteiger partial charge in [0.2, 0.25) is 0 Å². The molecule has 0 atom stereocenters. The largest absolute Gasteiger partial charge is 0.508 e. The molecule has 4 aromatic heterocycles. The summed E-state index contributed by atoms with van der Waals surface area (Å²) in [6.45, 7) is 0. The molecule has 4 aromatic carbocycles. The minimum Gasteiger partial charge on any atom is -0.508 e. The van der Waals surface area contributed by atoms with E-state index in [1.807, 2.05) is 0 Å². The molecular weight excluding hydrogens is 776 g/mol. The van der Waals surface area contributed by atoms with Crippen LogP contribution in [0.2, 0.25) is 0 Å². The molecule has 0 spiro atoms. The average molecular weight is 799 g/mol. The van der Waals surface area contributed by atoms with Gasteiger partial charge in [-0.2, -0.15) is 0 Å². The number of phenolic OH excluding ortho intramolecular Hbond substituents is 8. The molecule has 8 aromatic rings. The molecule has 58 heavy (non-hydrogen) atoms. The maximum Gasteiger partial charge on any atom is 0.343 e. The molecule has 0 unspecified atom stereocenters. The number of hydrogen-bond donors (Lipinski definition) is 12. The van der Waals surface area contributed by atoms with Crippen molar-refractivity contribution in [3.63, 3.8) is 0 Å². The maximum absolute atomic E-state index is 14.2. The Balaban J connectivity index is 1.66. The van der Waals surface area contributed by atoms with E-state index in [0.717, 1.165) is 24.3 Å². The molecule has 8 rings (SSSR count). The lowest BCUT2D eigenvalue weighted by molar-refractivity contribution is 0.395. The zero-order valence-electron chi connectivity index (χ0n) is 28.4. The van der Waals surface area contributed by atoms with Crippen molar-refractivity contribution < 1.29 is 78.9 Å². The smallest absolute Gasteiger partial charge is 0.343 e. The van der Waals surface area contributed by atoms with E-state index in [0.29, 0.717) is 24.3 Å². The van der Waals surface area contributed by atoms with E-state index in [1.54, 1.807) is 0 Å². The van der Waals surface area contributed by atoms with Gasteiger partial charge in [-0.15, -0.1) is 0 Å². The molecule has 0 fully saturated rings. The van der Waals surface area contributed by atoms with Crippen LogP contribution < -0.4 is 22.5 Å². The van der Waals surface area contributed by atoms with Gasteiger partial charge in [0.05, 0.1) is 22.3 Å². The number of aromatic hydroxyl groups is 12. The van der Waals surface area contributed by atoms with Crippen LogP contribution in [0, 0.1) is 0 Å². The van der Waals surface area contributed by atoms with Gasteiger partial charge in [0.15, 0.2) is 0 Å². The molecule has 20 heteroatoms. The first-order valence-electron chi connectivity index (χ1n) is 16.2. The molecule has 0 saturated heterocycles. The number of fused-ring (bicyclic) bond motifs is 4.